The topological polar surface area (TPSA) is 42.1 Å². The van der Waals surface area contributed by atoms with Crippen LogP contribution in [0.2, 0.25) is 0 Å². The van der Waals surface area contributed by atoms with Crippen molar-refractivity contribution in [2.45, 2.75) is 6.54 Å². The molecule has 3 rings (SSSR count). The van der Waals surface area contributed by atoms with Crippen LogP contribution in [0.1, 0.15) is 5.56 Å². The molecule has 0 saturated carbocycles. The lowest BCUT2D eigenvalue weighted by atomic mass is 10.1. The lowest BCUT2D eigenvalue weighted by molar-refractivity contribution is 0.627. The Kier molecular flexibility index (Phi) is 3.54. The Labute approximate surface area is 122 Å². The standard InChI is InChI=1S/C17H16FN3/c1-21(16-9-5-3-7-14(16)18)17-12(10-19)11-20-15-8-4-2-6-13(15)17/h2-9,11H,10,19H2,1H3. The van der Waals surface area contributed by atoms with Crippen LogP contribution in [0.3, 0.4) is 0 Å². The molecule has 0 aliphatic heterocycles. The van der Waals surface area contributed by atoms with E-state index in [1.165, 1.54) is 6.07 Å². The average Bonchev–Trinajstić information content (AvgIpc) is 2.53. The molecule has 4 heteroatoms. The first-order valence-corrected chi connectivity index (χ1v) is 6.77. The molecule has 0 amide bonds. The summed E-state index contributed by atoms with van der Waals surface area (Å²) in [5, 5.41) is 0.964. The third-order valence-corrected chi connectivity index (χ3v) is 3.59. The summed E-state index contributed by atoms with van der Waals surface area (Å²) in [7, 11) is 1.85. The molecule has 0 saturated heterocycles. The molecular formula is C17H16FN3. The molecule has 2 aromatic carbocycles. The number of hydrogen-bond acceptors (Lipinski definition) is 3. The van der Waals surface area contributed by atoms with Gasteiger partial charge in [-0.3, -0.25) is 4.98 Å². The first-order chi connectivity index (χ1) is 10.2. The maximum absolute atomic E-state index is 14.1. The molecule has 1 aromatic heterocycles. The number of para-hydroxylation sites is 2. The number of anilines is 2. The average molecular weight is 281 g/mol. The van der Waals surface area contributed by atoms with Gasteiger partial charge in [-0.25, -0.2) is 4.39 Å². The van der Waals surface area contributed by atoms with Crippen LogP contribution in [-0.4, -0.2) is 12.0 Å². The van der Waals surface area contributed by atoms with Crippen LogP contribution in [0.4, 0.5) is 15.8 Å². The van der Waals surface area contributed by atoms with Gasteiger partial charge >= 0.3 is 0 Å². The molecule has 21 heavy (non-hydrogen) atoms. The van der Waals surface area contributed by atoms with Crippen molar-refractivity contribution in [2.75, 3.05) is 11.9 Å². The third kappa shape index (κ3) is 2.34. The van der Waals surface area contributed by atoms with Crippen molar-refractivity contribution < 1.29 is 4.39 Å². The Balaban J connectivity index is 2.25. The van der Waals surface area contributed by atoms with Gasteiger partial charge in [0.25, 0.3) is 0 Å². The van der Waals surface area contributed by atoms with Crippen LogP contribution < -0.4 is 10.6 Å². The molecule has 1 heterocycles. The molecule has 2 N–H and O–H groups in total. The summed E-state index contributed by atoms with van der Waals surface area (Å²) < 4.78 is 14.1. The number of aromatic nitrogens is 1. The Morgan fingerprint density at radius 3 is 2.57 bits per heavy atom. The molecule has 0 spiro atoms. The lowest BCUT2D eigenvalue weighted by Crippen LogP contribution is -2.15. The predicted molar refractivity (Wildman–Crippen MR) is 84.1 cm³/mol. The van der Waals surface area contributed by atoms with Crippen LogP contribution in [0.5, 0.6) is 0 Å². The Morgan fingerprint density at radius 1 is 1.10 bits per heavy atom. The second-order valence-corrected chi connectivity index (χ2v) is 4.86. The molecule has 0 aliphatic carbocycles. The highest BCUT2D eigenvalue weighted by molar-refractivity contribution is 5.95. The second-order valence-electron chi connectivity index (χ2n) is 4.86. The largest absolute Gasteiger partial charge is 0.341 e. The molecular weight excluding hydrogens is 265 g/mol. The van der Waals surface area contributed by atoms with Gasteiger partial charge in [0.2, 0.25) is 0 Å². The van der Waals surface area contributed by atoms with Crippen LogP contribution >= 0.6 is 0 Å². The van der Waals surface area contributed by atoms with E-state index in [1.54, 1.807) is 18.3 Å². The number of nitrogens with zero attached hydrogens (tertiary/aromatic N) is 2. The third-order valence-electron chi connectivity index (χ3n) is 3.59. The van der Waals surface area contributed by atoms with Crippen molar-refractivity contribution >= 4 is 22.3 Å². The number of nitrogens with two attached hydrogens (primary N) is 1. The normalized spacial score (nSPS) is 10.8. The van der Waals surface area contributed by atoms with Gasteiger partial charge in [-0.1, -0.05) is 30.3 Å². The first kappa shape index (κ1) is 13.5. The van der Waals surface area contributed by atoms with Gasteiger partial charge in [-0.2, -0.15) is 0 Å². The molecule has 0 unspecified atom stereocenters. The number of rotatable bonds is 3. The van der Waals surface area contributed by atoms with E-state index in [1.807, 2.05) is 42.3 Å². The summed E-state index contributed by atoms with van der Waals surface area (Å²) in [4.78, 5) is 6.25. The molecule has 0 aliphatic rings. The second kappa shape index (κ2) is 5.50. The minimum Gasteiger partial charge on any atom is -0.341 e. The summed E-state index contributed by atoms with van der Waals surface area (Å²) in [6.45, 7) is 0.353. The summed E-state index contributed by atoms with van der Waals surface area (Å²) in [6.07, 6.45) is 1.76. The minimum atomic E-state index is -0.260. The van der Waals surface area contributed by atoms with Gasteiger partial charge in [-0.05, 0) is 18.2 Å². The van der Waals surface area contributed by atoms with Crippen LogP contribution in [-0.2, 0) is 6.54 Å². The Hall–Kier alpha value is -2.46. The zero-order valence-electron chi connectivity index (χ0n) is 11.8. The highest BCUT2D eigenvalue weighted by Gasteiger charge is 2.15. The summed E-state index contributed by atoms with van der Waals surface area (Å²) >= 11 is 0. The van der Waals surface area contributed by atoms with Crippen molar-refractivity contribution in [2.24, 2.45) is 5.73 Å². The zero-order valence-corrected chi connectivity index (χ0v) is 11.8. The smallest absolute Gasteiger partial charge is 0.146 e. The number of pyridine rings is 1. The highest BCUT2D eigenvalue weighted by atomic mass is 19.1. The van der Waals surface area contributed by atoms with E-state index in [-0.39, 0.29) is 5.82 Å². The van der Waals surface area contributed by atoms with Crippen LogP contribution in [0.25, 0.3) is 10.9 Å². The first-order valence-electron chi connectivity index (χ1n) is 6.77. The molecule has 0 bridgehead atoms. The van der Waals surface area contributed by atoms with E-state index >= 15 is 0 Å². The summed E-state index contributed by atoms with van der Waals surface area (Å²) in [5.74, 6) is -0.260. The van der Waals surface area contributed by atoms with Gasteiger partial charge in [0, 0.05) is 30.7 Å². The van der Waals surface area contributed by atoms with Crippen molar-refractivity contribution in [3.05, 3.63) is 66.1 Å². The molecule has 3 aromatic rings. The maximum atomic E-state index is 14.1. The van der Waals surface area contributed by atoms with Gasteiger partial charge in [-0.15, -0.1) is 0 Å². The van der Waals surface area contributed by atoms with Gasteiger partial charge in [0.05, 0.1) is 16.9 Å². The molecule has 0 radical (unpaired) electrons. The minimum absolute atomic E-state index is 0.260. The number of halogens is 1. The number of benzene rings is 2. The van der Waals surface area contributed by atoms with E-state index < -0.39 is 0 Å². The summed E-state index contributed by atoms with van der Waals surface area (Å²) in [5.41, 5.74) is 9.01. The molecule has 0 atom stereocenters. The molecule has 3 nitrogen and oxygen atoms in total. The van der Waals surface area contributed by atoms with Gasteiger partial charge in [0.15, 0.2) is 0 Å². The van der Waals surface area contributed by atoms with Crippen molar-refractivity contribution in [3.8, 4) is 0 Å². The monoisotopic (exact) mass is 281 g/mol. The van der Waals surface area contributed by atoms with Gasteiger partial charge in [0.1, 0.15) is 5.82 Å². The fraction of sp³-hybridized carbons (Fsp3) is 0.118. The number of hydrogen-bond donors (Lipinski definition) is 1. The maximum Gasteiger partial charge on any atom is 0.146 e. The van der Waals surface area contributed by atoms with E-state index in [9.17, 15) is 4.39 Å². The van der Waals surface area contributed by atoms with E-state index in [2.05, 4.69) is 4.98 Å². The van der Waals surface area contributed by atoms with Crippen LogP contribution in [0, 0.1) is 5.82 Å². The Bertz CT molecular complexity index is 786. The SMILES string of the molecule is CN(c1ccccc1F)c1c(CN)cnc2ccccc12. The summed E-state index contributed by atoms with van der Waals surface area (Å²) in [6, 6.07) is 14.5. The van der Waals surface area contributed by atoms with Gasteiger partial charge < -0.3 is 10.6 Å². The quantitative estimate of drug-likeness (QED) is 0.797. The fourth-order valence-electron chi connectivity index (χ4n) is 2.56. The van der Waals surface area contributed by atoms with Crippen molar-refractivity contribution in [1.82, 2.24) is 4.98 Å². The molecule has 0 fully saturated rings. The Morgan fingerprint density at radius 2 is 1.81 bits per heavy atom. The van der Waals surface area contributed by atoms with E-state index in [0.29, 0.717) is 12.2 Å². The highest BCUT2D eigenvalue weighted by Crippen LogP contribution is 2.34. The van der Waals surface area contributed by atoms with Crippen molar-refractivity contribution in [3.63, 3.8) is 0 Å². The molecule has 106 valence electrons. The van der Waals surface area contributed by atoms with E-state index in [0.717, 1.165) is 22.2 Å². The van der Waals surface area contributed by atoms with Crippen LogP contribution in [0.15, 0.2) is 54.7 Å². The number of fused-ring (bicyclic) bond motifs is 1. The van der Waals surface area contributed by atoms with E-state index in [4.69, 9.17) is 5.73 Å². The zero-order chi connectivity index (χ0) is 14.8. The fourth-order valence-corrected chi connectivity index (χ4v) is 2.56. The lowest BCUT2D eigenvalue weighted by Gasteiger charge is -2.24. The predicted octanol–water partition coefficient (Wildman–Crippen LogP) is 3.60. The van der Waals surface area contributed by atoms with Crippen molar-refractivity contribution in [1.29, 1.82) is 0 Å².